The number of hydrogen-bond acceptors (Lipinski definition) is 1. The van der Waals surface area contributed by atoms with E-state index in [4.69, 9.17) is 18.7 Å². The van der Waals surface area contributed by atoms with Crippen LogP contribution in [0.25, 0.3) is 82.8 Å². The summed E-state index contributed by atoms with van der Waals surface area (Å²) in [5.74, 6) is 0.900. The molecule has 0 saturated heterocycles. The van der Waals surface area contributed by atoms with Gasteiger partial charge >= 0.3 is 0 Å². The predicted octanol–water partition coefficient (Wildman–Crippen LogP) is 12.6. The van der Waals surface area contributed by atoms with Gasteiger partial charge in [0.2, 0.25) is 0 Å². The van der Waals surface area contributed by atoms with Gasteiger partial charge in [-0.15, -0.1) is 0 Å². The lowest BCUT2D eigenvalue weighted by molar-refractivity contribution is 0.909. The van der Waals surface area contributed by atoms with E-state index in [0.29, 0.717) is 23.1 Å². The van der Waals surface area contributed by atoms with E-state index in [0.717, 1.165) is 60.8 Å². The lowest BCUT2D eigenvalue weighted by Gasteiger charge is -2.21. The highest BCUT2D eigenvalue weighted by Crippen LogP contribution is 2.47. The Labute approximate surface area is 300 Å². The number of aromatic nitrogens is 2. The minimum atomic E-state index is -0.474. The molecule has 0 bridgehead atoms. The fourth-order valence-electron chi connectivity index (χ4n) is 7.02. The SMILES string of the molecule is [2H]c1c([2H])c([2H])c(-c2cccc(-c3c4ccccc4c(-c4ccccc4-n4c(CC)nc5ccccc54)c4ccc(-c5c([2H])c([2H])c([2H])c([2H])c5[2H])cc34)c2)c([2H])c1[2H]. The predicted molar refractivity (Wildman–Crippen MR) is 207 cm³/mol. The molecule has 0 radical (unpaired) electrons. The summed E-state index contributed by atoms with van der Waals surface area (Å²) in [5.41, 5.74) is 7.11. The van der Waals surface area contributed by atoms with Crippen molar-refractivity contribution in [2.24, 2.45) is 0 Å². The molecule has 49 heavy (non-hydrogen) atoms. The summed E-state index contributed by atoms with van der Waals surface area (Å²) >= 11 is 0. The maximum Gasteiger partial charge on any atom is 0.114 e. The van der Waals surface area contributed by atoms with E-state index < -0.39 is 36.3 Å². The van der Waals surface area contributed by atoms with Crippen molar-refractivity contribution < 1.29 is 13.7 Å². The molecule has 1 heterocycles. The van der Waals surface area contributed by atoms with E-state index in [2.05, 4.69) is 35.8 Å². The van der Waals surface area contributed by atoms with E-state index in [1.54, 1.807) is 18.2 Å². The molecular weight excluding hydrogens is 593 g/mol. The summed E-state index contributed by atoms with van der Waals surface area (Å²) in [4.78, 5) is 4.99. The van der Waals surface area contributed by atoms with E-state index in [-0.39, 0.29) is 35.3 Å². The summed E-state index contributed by atoms with van der Waals surface area (Å²) < 4.78 is 87.5. The van der Waals surface area contributed by atoms with Crippen LogP contribution in [0.1, 0.15) is 26.5 Å². The molecule has 0 atom stereocenters. The van der Waals surface area contributed by atoms with Crippen molar-refractivity contribution in [3.8, 4) is 50.2 Å². The summed E-state index contributed by atoms with van der Waals surface area (Å²) in [6.07, 6.45) is 0.690. The van der Waals surface area contributed by atoms with Gasteiger partial charge in [0.05, 0.1) is 30.4 Å². The fraction of sp³-hybridized carbons (Fsp3) is 0.0426. The molecule has 8 aromatic carbocycles. The first kappa shape index (κ1) is 20.2. The van der Waals surface area contributed by atoms with Crippen molar-refractivity contribution >= 4 is 32.6 Å². The third-order valence-corrected chi connectivity index (χ3v) is 9.11. The topological polar surface area (TPSA) is 17.8 Å². The Kier molecular flexibility index (Phi) is 4.98. The van der Waals surface area contributed by atoms with Crippen molar-refractivity contribution in [2.45, 2.75) is 13.3 Å². The molecule has 0 fully saturated rings. The van der Waals surface area contributed by atoms with Crippen LogP contribution in [-0.2, 0) is 6.42 Å². The number of benzene rings is 8. The number of aryl methyl sites for hydroxylation is 1. The molecule has 0 spiro atoms. The highest BCUT2D eigenvalue weighted by molar-refractivity contribution is 6.22. The van der Waals surface area contributed by atoms with E-state index in [9.17, 15) is 0 Å². The highest BCUT2D eigenvalue weighted by atomic mass is 15.1. The monoisotopic (exact) mass is 636 g/mol. The van der Waals surface area contributed by atoms with E-state index in [1.165, 1.54) is 0 Å². The first-order valence-electron chi connectivity index (χ1n) is 21.2. The molecule has 1 aromatic heterocycles. The molecule has 9 rings (SSSR count). The van der Waals surface area contributed by atoms with Crippen LogP contribution < -0.4 is 0 Å². The normalized spacial score (nSPS) is 14.3. The average Bonchev–Trinajstić information content (AvgIpc) is 3.64. The van der Waals surface area contributed by atoms with Crippen LogP contribution in [0.15, 0.2) is 176 Å². The lowest BCUT2D eigenvalue weighted by Crippen LogP contribution is -2.03. The van der Waals surface area contributed by atoms with Gasteiger partial charge in [0, 0.05) is 12.0 Å². The molecule has 0 unspecified atom stereocenters. The van der Waals surface area contributed by atoms with Gasteiger partial charge in [-0.2, -0.15) is 0 Å². The quantitative estimate of drug-likeness (QED) is 0.166. The van der Waals surface area contributed by atoms with Crippen LogP contribution in [0.4, 0.5) is 0 Å². The highest BCUT2D eigenvalue weighted by Gasteiger charge is 2.21. The standard InChI is InChI=1S/C47H34N2/c1-2-45-48-42-25-12-14-27-44(42)49(45)43-26-13-11-24-40(43)47-38-23-10-9-22-37(38)46(36-21-15-20-34(30-36)32-16-5-3-6-17-32)41-31-35(28-29-39(41)47)33-18-7-4-8-19-33/h3-31H,2H2,1H3/i3D,4D,5D,6D,7D,8D,16D,17D,18D,19D. The van der Waals surface area contributed by atoms with E-state index >= 15 is 0 Å². The van der Waals surface area contributed by atoms with Crippen LogP contribution in [0.3, 0.4) is 0 Å². The maximum atomic E-state index is 8.87. The first-order chi connectivity index (χ1) is 28.4. The number of nitrogens with zero attached hydrogens (tertiary/aromatic N) is 2. The van der Waals surface area contributed by atoms with Gasteiger partial charge in [0.25, 0.3) is 0 Å². The Balaban J connectivity index is 1.42. The maximum absolute atomic E-state index is 8.87. The second-order valence-electron chi connectivity index (χ2n) is 11.9. The smallest absolute Gasteiger partial charge is 0.114 e. The zero-order valence-corrected chi connectivity index (χ0v) is 26.6. The number of imidazole rings is 1. The van der Waals surface area contributed by atoms with Gasteiger partial charge < -0.3 is 0 Å². The molecule has 0 aliphatic heterocycles. The van der Waals surface area contributed by atoms with Crippen LogP contribution in [0.2, 0.25) is 0 Å². The number of para-hydroxylation sites is 3. The molecule has 0 amide bonds. The molecule has 232 valence electrons. The zero-order chi connectivity index (χ0) is 41.4. The van der Waals surface area contributed by atoms with Gasteiger partial charge in [0.15, 0.2) is 0 Å². The van der Waals surface area contributed by atoms with Gasteiger partial charge in [-0.25, -0.2) is 4.98 Å². The van der Waals surface area contributed by atoms with Crippen molar-refractivity contribution in [2.75, 3.05) is 0 Å². The Hall–Kier alpha value is -6.25. The fourth-order valence-corrected chi connectivity index (χ4v) is 7.02. The molecule has 2 nitrogen and oxygen atoms in total. The van der Waals surface area contributed by atoms with Crippen molar-refractivity contribution in [1.82, 2.24) is 9.55 Å². The summed E-state index contributed by atoms with van der Waals surface area (Å²) in [6.45, 7) is 2.08. The number of fused-ring (bicyclic) bond motifs is 3. The molecular formula is C47H34N2. The lowest BCUT2D eigenvalue weighted by atomic mass is 9.84. The van der Waals surface area contributed by atoms with Gasteiger partial charge in [-0.05, 0) is 90.8 Å². The zero-order valence-electron chi connectivity index (χ0n) is 36.6. The molecule has 0 aliphatic carbocycles. The summed E-state index contributed by atoms with van der Waals surface area (Å²) in [7, 11) is 0. The van der Waals surface area contributed by atoms with Crippen molar-refractivity contribution in [3.05, 3.63) is 182 Å². The molecule has 9 aromatic rings. The van der Waals surface area contributed by atoms with Crippen LogP contribution in [0, 0.1) is 0 Å². The largest absolute Gasteiger partial charge is 0.296 e. The Morgan fingerprint density at radius 3 is 1.88 bits per heavy atom. The van der Waals surface area contributed by atoms with Crippen LogP contribution in [-0.4, -0.2) is 9.55 Å². The molecule has 0 N–H and O–H groups in total. The first-order valence-corrected chi connectivity index (χ1v) is 16.2. The van der Waals surface area contributed by atoms with Crippen molar-refractivity contribution in [3.63, 3.8) is 0 Å². The number of rotatable bonds is 6. The van der Waals surface area contributed by atoms with Crippen LogP contribution in [0.5, 0.6) is 0 Å². The summed E-state index contributed by atoms with van der Waals surface area (Å²) in [6, 6.07) is 33.2. The minimum absolute atomic E-state index is 0.0734. The second kappa shape index (κ2) is 12.1. The molecule has 0 saturated carbocycles. The van der Waals surface area contributed by atoms with Gasteiger partial charge in [-0.3, -0.25) is 4.57 Å². The second-order valence-corrected chi connectivity index (χ2v) is 11.9. The average molecular weight is 637 g/mol. The van der Waals surface area contributed by atoms with Gasteiger partial charge in [-0.1, -0.05) is 152 Å². The number of hydrogen-bond donors (Lipinski definition) is 0. The molecule has 0 aliphatic rings. The van der Waals surface area contributed by atoms with Gasteiger partial charge in [0.1, 0.15) is 5.82 Å². The van der Waals surface area contributed by atoms with E-state index in [1.807, 2.05) is 72.8 Å². The Bertz CT molecular complexity index is 3170. The van der Waals surface area contributed by atoms with Crippen LogP contribution >= 0.6 is 0 Å². The molecule has 2 heteroatoms. The Morgan fingerprint density at radius 1 is 0.510 bits per heavy atom. The van der Waals surface area contributed by atoms with Crippen molar-refractivity contribution in [1.29, 1.82) is 0 Å². The minimum Gasteiger partial charge on any atom is -0.296 e. The summed E-state index contributed by atoms with van der Waals surface area (Å²) in [5, 5.41) is 3.33. The Morgan fingerprint density at radius 2 is 1.12 bits per heavy atom. The third kappa shape index (κ3) is 4.92. The third-order valence-electron chi connectivity index (χ3n) is 9.11.